The number of pyridine rings is 1. The topological polar surface area (TPSA) is 56.0 Å². The molecule has 74 valence electrons. The Kier molecular flexibility index (Phi) is 4.32. The molecular weight excluding hydrogens is 244 g/mol. The van der Waals surface area contributed by atoms with Gasteiger partial charge in [-0.05, 0) is 24.6 Å². The summed E-state index contributed by atoms with van der Waals surface area (Å²) in [6.45, 7) is 0. The predicted molar refractivity (Wildman–Crippen MR) is 60.2 cm³/mol. The zero-order chi connectivity index (χ0) is 10.4. The van der Waals surface area contributed by atoms with Crippen molar-refractivity contribution in [3.05, 3.63) is 35.7 Å². The normalized spacial score (nSPS) is 10.6. The first-order valence-corrected chi connectivity index (χ1v) is 5.35. The Morgan fingerprint density at radius 2 is 2.36 bits per heavy atom. The molecule has 1 aromatic heterocycles. The van der Waals surface area contributed by atoms with Crippen LogP contribution in [-0.2, 0) is 0 Å². The van der Waals surface area contributed by atoms with E-state index in [4.69, 9.17) is 5.73 Å². The lowest BCUT2D eigenvalue weighted by Gasteiger charge is -1.96. The van der Waals surface area contributed by atoms with Crippen LogP contribution in [0.4, 0.5) is 0 Å². The largest absolute Gasteiger partial charge is 0.364 e. The molecule has 1 amide bonds. The molecule has 0 spiro atoms. The maximum absolute atomic E-state index is 10.8. The Labute approximate surface area is 91.2 Å². The number of amides is 1. The lowest BCUT2D eigenvalue weighted by Crippen LogP contribution is -2.13. The summed E-state index contributed by atoms with van der Waals surface area (Å²) in [6.07, 6.45) is 4.79. The van der Waals surface area contributed by atoms with Crippen molar-refractivity contribution in [1.82, 2.24) is 4.98 Å². The van der Waals surface area contributed by atoms with E-state index in [1.165, 1.54) is 0 Å². The van der Waals surface area contributed by atoms with Gasteiger partial charge in [-0.1, -0.05) is 28.1 Å². The van der Waals surface area contributed by atoms with Crippen LogP contribution in [0.15, 0.2) is 24.3 Å². The summed E-state index contributed by atoms with van der Waals surface area (Å²) >= 11 is 3.31. The molecule has 0 bridgehead atoms. The van der Waals surface area contributed by atoms with Crippen LogP contribution < -0.4 is 5.73 Å². The predicted octanol–water partition coefficient (Wildman–Crippen LogP) is 1.98. The summed E-state index contributed by atoms with van der Waals surface area (Å²) in [6, 6.07) is 5.20. The maximum Gasteiger partial charge on any atom is 0.267 e. The first-order chi connectivity index (χ1) is 6.74. The highest BCUT2D eigenvalue weighted by atomic mass is 79.9. The Hall–Kier alpha value is -1.16. The average molecular weight is 255 g/mol. The Bertz CT molecular complexity index is 350. The summed E-state index contributed by atoms with van der Waals surface area (Å²) in [5, 5.41) is 0.916. The van der Waals surface area contributed by atoms with Gasteiger partial charge >= 0.3 is 0 Å². The molecule has 0 aliphatic heterocycles. The van der Waals surface area contributed by atoms with Gasteiger partial charge in [0.05, 0.1) is 5.69 Å². The Morgan fingerprint density at radius 1 is 1.57 bits per heavy atom. The Morgan fingerprint density at radius 3 is 3.00 bits per heavy atom. The number of carbonyl (C=O) groups excluding carboxylic acids is 1. The molecule has 0 aliphatic rings. The maximum atomic E-state index is 10.8. The highest BCUT2D eigenvalue weighted by Gasteiger charge is 2.00. The highest BCUT2D eigenvalue weighted by Crippen LogP contribution is 2.02. The van der Waals surface area contributed by atoms with Gasteiger partial charge in [0, 0.05) is 5.33 Å². The third-order valence-corrected chi connectivity index (χ3v) is 2.05. The van der Waals surface area contributed by atoms with Crippen molar-refractivity contribution in [3.8, 4) is 0 Å². The fourth-order valence-electron chi connectivity index (χ4n) is 0.949. The fourth-order valence-corrected chi connectivity index (χ4v) is 1.21. The lowest BCUT2D eigenvalue weighted by atomic mass is 10.2. The summed E-state index contributed by atoms with van der Waals surface area (Å²) in [7, 11) is 0. The first-order valence-electron chi connectivity index (χ1n) is 4.23. The fraction of sp³-hybridized carbons (Fsp3) is 0.200. The third kappa shape index (κ3) is 3.30. The number of primary amides is 1. The molecule has 3 nitrogen and oxygen atoms in total. The van der Waals surface area contributed by atoms with Crippen molar-refractivity contribution in [2.24, 2.45) is 5.73 Å². The quantitative estimate of drug-likeness (QED) is 0.836. The zero-order valence-corrected chi connectivity index (χ0v) is 9.20. The molecule has 1 rings (SSSR count). The zero-order valence-electron chi connectivity index (χ0n) is 7.61. The van der Waals surface area contributed by atoms with Crippen LogP contribution >= 0.6 is 15.9 Å². The van der Waals surface area contributed by atoms with Crippen molar-refractivity contribution in [2.75, 3.05) is 5.33 Å². The molecular formula is C10H11BrN2O. The number of aromatic nitrogens is 1. The van der Waals surface area contributed by atoms with Gasteiger partial charge in [-0.3, -0.25) is 4.79 Å². The molecule has 0 saturated carbocycles. The number of rotatable bonds is 4. The minimum Gasteiger partial charge on any atom is -0.364 e. The van der Waals surface area contributed by atoms with Crippen molar-refractivity contribution in [2.45, 2.75) is 6.42 Å². The van der Waals surface area contributed by atoms with E-state index in [-0.39, 0.29) is 0 Å². The lowest BCUT2D eigenvalue weighted by molar-refractivity contribution is 0.0995. The third-order valence-electron chi connectivity index (χ3n) is 1.59. The van der Waals surface area contributed by atoms with Gasteiger partial charge in [-0.15, -0.1) is 0 Å². The number of hydrogen-bond donors (Lipinski definition) is 1. The van der Waals surface area contributed by atoms with E-state index in [9.17, 15) is 4.79 Å². The highest BCUT2D eigenvalue weighted by molar-refractivity contribution is 9.09. The second-order valence-electron chi connectivity index (χ2n) is 2.69. The van der Waals surface area contributed by atoms with E-state index in [1.807, 2.05) is 18.2 Å². The number of allylic oxidation sites excluding steroid dienone is 1. The van der Waals surface area contributed by atoms with Gasteiger partial charge in [0.1, 0.15) is 5.69 Å². The monoisotopic (exact) mass is 254 g/mol. The van der Waals surface area contributed by atoms with Crippen molar-refractivity contribution >= 4 is 27.9 Å². The molecule has 0 radical (unpaired) electrons. The smallest absolute Gasteiger partial charge is 0.267 e. The van der Waals surface area contributed by atoms with Crippen LogP contribution in [0, 0.1) is 0 Å². The first kappa shape index (κ1) is 10.9. The van der Waals surface area contributed by atoms with Gasteiger partial charge in [-0.25, -0.2) is 4.98 Å². The van der Waals surface area contributed by atoms with Crippen LogP contribution in [-0.4, -0.2) is 16.2 Å². The van der Waals surface area contributed by atoms with Gasteiger partial charge in [0.2, 0.25) is 0 Å². The average Bonchev–Trinajstić information content (AvgIpc) is 2.19. The minimum atomic E-state index is -0.499. The molecule has 0 aromatic carbocycles. The molecule has 4 heteroatoms. The summed E-state index contributed by atoms with van der Waals surface area (Å²) < 4.78 is 0. The van der Waals surface area contributed by atoms with Gasteiger partial charge < -0.3 is 5.73 Å². The van der Waals surface area contributed by atoms with Crippen molar-refractivity contribution in [3.63, 3.8) is 0 Å². The van der Waals surface area contributed by atoms with E-state index in [0.717, 1.165) is 17.4 Å². The molecule has 0 aliphatic carbocycles. The van der Waals surface area contributed by atoms with Gasteiger partial charge in [-0.2, -0.15) is 0 Å². The molecule has 1 aromatic rings. The molecule has 14 heavy (non-hydrogen) atoms. The van der Waals surface area contributed by atoms with E-state index >= 15 is 0 Å². The SMILES string of the molecule is NC(=O)c1cccc(C=CCCBr)n1. The van der Waals surface area contributed by atoms with Crippen molar-refractivity contribution in [1.29, 1.82) is 0 Å². The number of alkyl halides is 1. The molecule has 0 atom stereocenters. The van der Waals surface area contributed by atoms with Crippen molar-refractivity contribution < 1.29 is 4.79 Å². The Balaban J connectivity index is 2.78. The second kappa shape index (κ2) is 5.54. The van der Waals surface area contributed by atoms with Crippen LogP contribution in [0.2, 0.25) is 0 Å². The number of nitrogens with zero attached hydrogens (tertiary/aromatic N) is 1. The van der Waals surface area contributed by atoms with Crippen LogP contribution in [0.25, 0.3) is 6.08 Å². The van der Waals surface area contributed by atoms with E-state index in [2.05, 4.69) is 20.9 Å². The summed E-state index contributed by atoms with van der Waals surface area (Å²) in [5.41, 5.74) is 6.15. The number of carbonyl (C=O) groups is 1. The standard InChI is InChI=1S/C10H11BrN2O/c11-7-2-1-4-8-5-3-6-9(13-8)10(12)14/h1,3-6H,2,7H2,(H2,12,14). The van der Waals surface area contributed by atoms with E-state index < -0.39 is 5.91 Å². The molecule has 2 N–H and O–H groups in total. The molecule has 0 saturated heterocycles. The number of nitrogens with two attached hydrogens (primary N) is 1. The minimum absolute atomic E-state index is 0.297. The molecule has 1 heterocycles. The number of hydrogen-bond acceptors (Lipinski definition) is 2. The molecule has 0 fully saturated rings. The summed E-state index contributed by atoms with van der Waals surface area (Å²) in [5.74, 6) is -0.499. The van der Waals surface area contributed by atoms with E-state index in [1.54, 1.807) is 12.1 Å². The van der Waals surface area contributed by atoms with Crippen LogP contribution in [0.3, 0.4) is 0 Å². The van der Waals surface area contributed by atoms with E-state index in [0.29, 0.717) is 5.69 Å². The second-order valence-corrected chi connectivity index (χ2v) is 3.48. The van der Waals surface area contributed by atoms with Gasteiger partial charge in [0.15, 0.2) is 0 Å². The molecule has 0 unspecified atom stereocenters. The number of halogens is 1. The van der Waals surface area contributed by atoms with Crippen LogP contribution in [0.5, 0.6) is 0 Å². The van der Waals surface area contributed by atoms with Crippen LogP contribution in [0.1, 0.15) is 22.6 Å². The summed E-state index contributed by atoms with van der Waals surface area (Å²) in [4.78, 5) is 14.9. The van der Waals surface area contributed by atoms with Gasteiger partial charge in [0.25, 0.3) is 5.91 Å².